The fourth-order valence-electron chi connectivity index (χ4n) is 3.03. The smallest absolute Gasteiger partial charge is 0.326 e. The number of carbonyl (C=O) groups excluding carboxylic acids is 4. The van der Waals surface area contributed by atoms with Crippen molar-refractivity contribution in [1.82, 2.24) is 16.0 Å². The third-order valence-corrected chi connectivity index (χ3v) is 5.04. The van der Waals surface area contributed by atoms with Crippen molar-refractivity contribution >= 4 is 35.6 Å². The minimum atomic E-state index is -1.55. The molecule has 5 unspecified atom stereocenters. The Labute approximate surface area is 206 Å². The molecule has 14 heteroatoms. The molecule has 0 saturated carbocycles. The van der Waals surface area contributed by atoms with Crippen molar-refractivity contribution in [2.45, 2.75) is 62.9 Å². The van der Waals surface area contributed by atoms with Crippen molar-refractivity contribution < 1.29 is 44.1 Å². The lowest BCUT2D eigenvalue weighted by molar-refractivity contribution is -0.143. The molecular weight excluding hydrogens is 478 g/mol. The van der Waals surface area contributed by atoms with E-state index in [1.807, 2.05) is 0 Å². The summed E-state index contributed by atoms with van der Waals surface area (Å²) in [6.07, 6.45) is -2.95. The van der Waals surface area contributed by atoms with Crippen LogP contribution < -0.4 is 27.4 Å². The van der Waals surface area contributed by atoms with Crippen LogP contribution in [0.1, 0.15) is 31.7 Å². The number of nitrogens with one attached hydrogen (secondary N) is 3. The second kappa shape index (κ2) is 14.4. The fourth-order valence-corrected chi connectivity index (χ4v) is 3.03. The molecule has 0 heterocycles. The molecule has 0 spiro atoms. The minimum Gasteiger partial charge on any atom is -0.481 e. The SMILES string of the molecule is CC(O)C(N)C(=O)NC(CC(N)=O)C(=O)NC(Cc1ccccc1)C(=O)NC(CCC(=O)O)C(=O)O. The number of rotatable bonds is 15. The van der Waals surface area contributed by atoms with Crippen molar-refractivity contribution in [2.24, 2.45) is 11.5 Å². The first-order valence-corrected chi connectivity index (χ1v) is 10.9. The highest BCUT2D eigenvalue weighted by atomic mass is 16.4. The largest absolute Gasteiger partial charge is 0.481 e. The average molecular weight is 510 g/mol. The van der Waals surface area contributed by atoms with Crippen molar-refractivity contribution in [2.75, 3.05) is 0 Å². The molecule has 4 amide bonds. The van der Waals surface area contributed by atoms with Crippen LogP contribution in [0, 0.1) is 0 Å². The van der Waals surface area contributed by atoms with Crippen LogP contribution >= 0.6 is 0 Å². The zero-order valence-corrected chi connectivity index (χ0v) is 19.5. The molecule has 36 heavy (non-hydrogen) atoms. The molecular formula is C22H31N5O9. The summed E-state index contributed by atoms with van der Waals surface area (Å²) in [7, 11) is 0. The second-order valence-corrected chi connectivity index (χ2v) is 8.08. The maximum absolute atomic E-state index is 12.9. The summed E-state index contributed by atoms with van der Waals surface area (Å²) in [6, 6.07) is 2.48. The number of hydrogen-bond donors (Lipinski definition) is 8. The number of primary amides is 1. The van der Waals surface area contributed by atoms with Crippen LogP contribution in [0.4, 0.5) is 0 Å². The lowest BCUT2D eigenvalue weighted by atomic mass is 10.0. The highest BCUT2D eigenvalue weighted by Gasteiger charge is 2.32. The summed E-state index contributed by atoms with van der Waals surface area (Å²) >= 11 is 0. The number of carboxylic acid groups (broad SMARTS) is 2. The first kappa shape index (κ1) is 30.0. The van der Waals surface area contributed by atoms with Gasteiger partial charge in [0, 0.05) is 12.8 Å². The van der Waals surface area contributed by atoms with Crippen molar-refractivity contribution in [3.8, 4) is 0 Å². The molecule has 0 aliphatic heterocycles. The number of carboxylic acids is 2. The molecule has 0 radical (unpaired) electrons. The summed E-state index contributed by atoms with van der Waals surface area (Å²) in [6.45, 7) is 1.25. The van der Waals surface area contributed by atoms with Gasteiger partial charge in [0.1, 0.15) is 24.2 Å². The first-order valence-electron chi connectivity index (χ1n) is 10.9. The Bertz CT molecular complexity index is 954. The molecule has 14 nitrogen and oxygen atoms in total. The normalized spacial score (nSPS) is 14.9. The zero-order valence-electron chi connectivity index (χ0n) is 19.5. The lowest BCUT2D eigenvalue weighted by Crippen LogP contribution is -2.59. The lowest BCUT2D eigenvalue weighted by Gasteiger charge is -2.25. The van der Waals surface area contributed by atoms with Crippen molar-refractivity contribution in [3.63, 3.8) is 0 Å². The van der Waals surface area contributed by atoms with Gasteiger partial charge in [-0.15, -0.1) is 0 Å². The van der Waals surface area contributed by atoms with Crippen LogP contribution in [0.15, 0.2) is 30.3 Å². The highest BCUT2D eigenvalue weighted by Crippen LogP contribution is 2.07. The molecule has 10 N–H and O–H groups in total. The molecule has 0 saturated heterocycles. The zero-order chi connectivity index (χ0) is 27.4. The Morgan fingerprint density at radius 1 is 0.861 bits per heavy atom. The Balaban J connectivity index is 3.14. The van der Waals surface area contributed by atoms with Crippen molar-refractivity contribution in [1.29, 1.82) is 0 Å². The standard InChI is InChI=1S/C22H31N5O9/c1-11(28)18(24)21(34)27-15(10-16(23)29)20(33)26-14(9-12-5-3-2-4-6-12)19(32)25-13(22(35)36)7-8-17(30)31/h2-6,11,13-15,18,28H,7-10,24H2,1H3,(H2,23,29)(H,25,32)(H,26,33)(H,27,34)(H,30,31)(H,35,36). The molecule has 1 aromatic carbocycles. The van der Waals surface area contributed by atoms with E-state index in [2.05, 4.69) is 16.0 Å². The second-order valence-electron chi connectivity index (χ2n) is 8.08. The maximum Gasteiger partial charge on any atom is 0.326 e. The quantitative estimate of drug-likeness (QED) is 0.121. The van der Waals surface area contributed by atoms with E-state index >= 15 is 0 Å². The molecule has 0 fully saturated rings. The van der Waals surface area contributed by atoms with Gasteiger partial charge in [-0.25, -0.2) is 4.79 Å². The van der Waals surface area contributed by atoms with Gasteiger partial charge in [0.2, 0.25) is 23.6 Å². The maximum atomic E-state index is 12.9. The van der Waals surface area contributed by atoms with Gasteiger partial charge in [-0.2, -0.15) is 0 Å². The van der Waals surface area contributed by atoms with Gasteiger partial charge in [0.15, 0.2) is 0 Å². The summed E-state index contributed by atoms with van der Waals surface area (Å²) in [5, 5.41) is 34.4. The number of aliphatic hydroxyl groups is 1. The molecule has 0 aliphatic carbocycles. The molecule has 0 aromatic heterocycles. The first-order chi connectivity index (χ1) is 16.8. The molecule has 1 aromatic rings. The molecule has 198 valence electrons. The van der Waals surface area contributed by atoms with Gasteiger partial charge in [-0.1, -0.05) is 30.3 Å². The van der Waals surface area contributed by atoms with E-state index in [1.54, 1.807) is 30.3 Å². The third kappa shape index (κ3) is 10.5. The number of amides is 4. The number of hydrogen-bond acceptors (Lipinski definition) is 8. The Morgan fingerprint density at radius 2 is 1.39 bits per heavy atom. The highest BCUT2D eigenvalue weighted by molar-refractivity contribution is 5.96. The van der Waals surface area contributed by atoms with Crippen LogP contribution in [0.25, 0.3) is 0 Å². The van der Waals surface area contributed by atoms with Gasteiger partial charge in [0.25, 0.3) is 0 Å². The number of nitrogens with two attached hydrogens (primary N) is 2. The van der Waals surface area contributed by atoms with E-state index in [4.69, 9.17) is 16.6 Å². The predicted molar refractivity (Wildman–Crippen MR) is 124 cm³/mol. The Morgan fingerprint density at radius 3 is 1.89 bits per heavy atom. The number of carbonyl (C=O) groups is 6. The van der Waals surface area contributed by atoms with Crippen LogP contribution in [0.3, 0.4) is 0 Å². The van der Waals surface area contributed by atoms with Crippen LogP contribution in [-0.2, 0) is 35.2 Å². The molecule has 0 aliphatic rings. The van der Waals surface area contributed by atoms with Crippen LogP contribution in [-0.4, -0.2) is 81.2 Å². The van der Waals surface area contributed by atoms with E-state index in [1.165, 1.54) is 6.92 Å². The summed E-state index contributed by atoms with van der Waals surface area (Å²) in [5.41, 5.74) is 11.3. The summed E-state index contributed by atoms with van der Waals surface area (Å²) in [5.74, 6) is -6.56. The summed E-state index contributed by atoms with van der Waals surface area (Å²) in [4.78, 5) is 71.9. The molecule has 5 atom stereocenters. The summed E-state index contributed by atoms with van der Waals surface area (Å²) < 4.78 is 0. The topological polar surface area (TPSA) is 251 Å². The van der Waals surface area contributed by atoms with E-state index < -0.39 is 85.1 Å². The number of benzene rings is 1. The fraction of sp³-hybridized carbons (Fsp3) is 0.455. The van der Waals surface area contributed by atoms with E-state index in [0.29, 0.717) is 5.56 Å². The van der Waals surface area contributed by atoms with Gasteiger partial charge in [-0.05, 0) is 18.9 Å². The van der Waals surface area contributed by atoms with Gasteiger partial charge >= 0.3 is 11.9 Å². The predicted octanol–water partition coefficient (Wildman–Crippen LogP) is -2.78. The number of aliphatic carboxylic acids is 2. The number of aliphatic hydroxyl groups excluding tert-OH is 1. The van der Waals surface area contributed by atoms with E-state index in [9.17, 15) is 39.0 Å². The Hall–Kier alpha value is -4.04. The average Bonchev–Trinajstić information content (AvgIpc) is 2.79. The van der Waals surface area contributed by atoms with Crippen molar-refractivity contribution in [3.05, 3.63) is 35.9 Å². The Kier molecular flexibility index (Phi) is 12.0. The van der Waals surface area contributed by atoms with Gasteiger partial charge < -0.3 is 42.7 Å². The van der Waals surface area contributed by atoms with E-state index in [0.717, 1.165) is 0 Å². The van der Waals surface area contributed by atoms with Gasteiger partial charge in [-0.3, -0.25) is 24.0 Å². The molecule has 1 rings (SSSR count). The minimum absolute atomic E-state index is 0.103. The van der Waals surface area contributed by atoms with E-state index in [-0.39, 0.29) is 6.42 Å². The monoisotopic (exact) mass is 509 g/mol. The van der Waals surface area contributed by atoms with Crippen LogP contribution in [0.2, 0.25) is 0 Å². The third-order valence-electron chi connectivity index (χ3n) is 5.04. The van der Waals surface area contributed by atoms with Crippen LogP contribution in [0.5, 0.6) is 0 Å². The van der Waals surface area contributed by atoms with Gasteiger partial charge in [0.05, 0.1) is 12.5 Å². The molecule has 0 bridgehead atoms.